The van der Waals surface area contributed by atoms with E-state index >= 15 is 0 Å². The first-order chi connectivity index (χ1) is 8.06. The maximum absolute atomic E-state index is 12.0. The van der Waals surface area contributed by atoms with Gasteiger partial charge in [-0.15, -0.1) is 0 Å². The third kappa shape index (κ3) is 3.21. The van der Waals surface area contributed by atoms with E-state index in [1.165, 1.54) is 0 Å². The van der Waals surface area contributed by atoms with Crippen molar-refractivity contribution < 1.29 is 9.53 Å². The van der Waals surface area contributed by atoms with Crippen LogP contribution in [-0.2, 0) is 16.0 Å². The van der Waals surface area contributed by atoms with Gasteiger partial charge in [-0.25, -0.2) is 0 Å². The van der Waals surface area contributed by atoms with E-state index in [1.54, 1.807) is 12.1 Å². The topological polar surface area (TPSA) is 26.3 Å². The van der Waals surface area contributed by atoms with Crippen LogP contribution < -0.4 is 0 Å². The molecule has 0 bridgehead atoms. The third-order valence-electron chi connectivity index (χ3n) is 2.95. The molecule has 1 fully saturated rings. The van der Waals surface area contributed by atoms with Crippen LogP contribution in [0.2, 0.25) is 10.0 Å². The lowest BCUT2D eigenvalue weighted by molar-refractivity contribution is -0.128. The smallest absolute Gasteiger partial charge is 0.165 e. The molecule has 1 aromatic rings. The van der Waals surface area contributed by atoms with E-state index in [9.17, 15) is 4.79 Å². The maximum Gasteiger partial charge on any atom is 0.165 e. The van der Waals surface area contributed by atoms with E-state index in [0.29, 0.717) is 16.5 Å². The summed E-state index contributed by atoms with van der Waals surface area (Å²) in [6.45, 7) is 1.99. The van der Waals surface area contributed by atoms with E-state index in [2.05, 4.69) is 0 Å². The van der Waals surface area contributed by atoms with Crippen LogP contribution in [0.3, 0.4) is 0 Å². The van der Waals surface area contributed by atoms with Gasteiger partial charge in [-0.1, -0.05) is 29.3 Å². The zero-order valence-corrected chi connectivity index (χ0v) is 11.1. The lowest BCUT2D eigenvalue weighted by atomic mass is 10.0. The molecule has 4 heteroatoms. The van der Waals surface area contributed by atoms with Crippen molar-refractivity contribution in [2.75, 3.05) is 0 Å². The Hall–Kier alpha value is -0.570. The quantitative estimate of drug-likeness (QED) is 0.839. The minimum absolute atomic E-state index is 0.118. The minimum atomic E-state index is -0.251. The lowest BCUT2D eigenvalue weighted by Gasteiger charge is -2.10. The molecule has 2 rings (SSSR count). The number of hydrogen-bond donors (Lipinski definition) is 0. The van der Waals surface area contributed by atoms with Crippen LogP contribution in [0.5, 0.6) is 0 Å². The summed E-state index contributed by atoms with van der Waals surface area (Å²) in [5.74, 6) is 0.118. The van der Waals surface area contributed by atoms with Crippen LogP contribution in [0.1, 0.15) is 25.3 Å². The molecule has 1 aromatic carbocycles. The van der Waals surface area contributed by atoms with E-state index in [1.807, 2.05) is 13.0 Å². The molecule has 1 saturated heterocycles. The van der Waals surface area contributed by atoms with Gasteiger partial charge in [0.25, 0.3) is 0 Å². The zero-order valence-electron chi connectivity index (χ0n) is 9.58. The molecule has 0 N–H and O–H groups in total. The van der Waals surface area contributed by atoms with Crippen molar-refractivity contribution >= 4 is 29.0 Å². The second-order valence-electron chi connectivity index (χ2n) is 4.40. The Kier molecular flexibility index (Phi) is 4.08. The summed E-state index contributed by atoms with van der Waals surface area (Å²) >= 11 is 11.7. The molecule has 0 radical (unpaired) electrons. The second kappa shape index (κ2) is 5.38. The predicted molar refractivity (Wildman–Crippen MR) is 68.7 cm³/mol. The number of hydrogen-bond acceptors (Lipinski definition) is 2. The van der Waals surface area contributed by atoms with Gasteiger partial charge in [0.05, 0.1) is 16.1 Å². The second-order valence-corrected chi connectivity index (χ2v) is 5.22. The van der Waals surface area contributed by atoms with E-state index in [4.69, 9.17) is 27.9 Å². The SMILES string of the molecule is CC1CCC(C(=O)Cc2ccc(Cl)c(Cl)c2)O1. The van der Waals surface area contributed by atoms with Gasteiger partial charge >= 0.3 is 0 Å². The molecule has 1 aliphatic heterocycles. The zero-order chi connectivity index (χ0) is 12.4. The molecule has 0 aliphatic carbocycles. The molecule has 2 nitrogen and oxygen atoms in total. The van der Waals surface area contributed by atoms with Crippen molar-refractivity contribution in [3.05, 3.63) is 33.8 Å². The van der Waals surface area contributed by atoms with Gasteiger partial charge in [0.15, 0.2) is 5.78 Å². The van der Waals surface area contributed by atoms with Gasteiger partial charge < -0.3 is 4.74 Å². The van der Waals surface area contributed by atoms with Crippen molar-refractivity contribution in [3.8, 4) is 0 Å². The predicted octanol–water partition coefficient (Wildman–Crippen LogP) is 3.67. The number of benzene rings is 1. The van der Waals surface area contributed by atoms with Crippen LogP contribution in [0.15, 0.2) is 18.2 Å². The number of Topliss-reactive ketones (excluding diaryl/α,β-unsaturated/α-hetero) is 1. The first-order valence-corrected chi connectivity index (χ1v) is 6.44. The van der Waals surface area contributed by atoms with Crippen molar-refractivity contribution in [2.45, 2.75) is 38.4 Å². The Bertz CT molecular complexity index is 431. The first kappa shape index (κ1) is 12.9. The van der Waals surface area contributed by atoms with Crippen molar-refractivity contribution in [2.24, 2.45) is 0 Å². The highest BCUT2D eigenvalue weighted by molar-refractivity contribution is 6.42. The third-order valence-corrected chi connectivity index (χ3v) is 3.69. The average molecular weight is 273 g/mol. The molecule has 2 unspecified atom stereocenters. The van der Waals surface area contributed by atoms with E-state index in [0.717, 1.165) is 18.4 Å². The fourth-order valence-electron chi connectivity index (χ4n) is 2.00. The van der Waals surface area contributed by atoms with Crippen LogP contribution >= 0.6 is 23.2 Å². The highest BCUT2D eigenvalue weighted by atomic mass is 35.5. The Morgan fingerprint density at radius 3 is 2.71 bits per heavy atom. The molecule has 17 heavy (non-hydrogen) atoms. The molecular formula is C13H14Cl2O2. The molecule has 1 heterocycles. The number of halogens is 2. The maximum atomic E-state index is 12.0. The number of ether oxygens (including phenoxy) is 1. The van der Waals surface area contributed by atoms with Gasteiger partial charge in [-0.05, 0) is 37.5 Å². The van der Waals surface area contributed by atoms with Crippen molar-refractivity contribution in [1.82, 2.24) is 0 Å². The van der Waals surface area contributed by atoms with Crippen LogP contribution in [-0.4, -0.2) is 18.0 Å². The number of ketones is 1. The highest BCUT2D eigenvalue weighted by Crippen LogP contribution is 2.25. The number of carbonyl (C=O) groups is 1. The molecule has 2 atom stereocenters. The van der Waals surface area contributed by atoms with E-state index in [-0.39, 0.29) is 18.0 Å². The standard InChI is InChI=1S/C13H14Cl2O2/c1-8-2-5-13(17-8)12(16)7-9-3-4-10(14)11(15)6-9/h3-4,6,8,13H,2,5,7H2,1H3. The molecule has 1 aliphatic rings. The Labute approximate surface area is 111 Å². The van der Waals surface area contributed by atoms with Crippen LogP contribution in [0.25, 0.3) is 0 Å². The van der Waals surface area contributed by atoms with Crippen molar-refractivity contribution in [3.63, 3.8) is 0 Å². The molecule has 0 aromatic heterocycles. The van der Waals surface area contributed by atoms with Gasteiger partial charge in [0.2, 0.25) is 0 Å². The molecule has 0 spiro atoms. The fraction of sp³-hybridized carbons (Fsp3) is 0.462. The molecule has 0 saturated carbocycles. The Balaban J connectivity index is 2.00. The van der Waals surface area contributed by atoms with Gasteiger partial charge in [0, 0.05) is 6.42 Å². The Morgan fingerprint density at radius 2 is 2.12 bits per heavy atom. The molecule has 0 amide bonds. The number of carbonyl (C=O) groups excluding carboxylic acids is 1. The summed E-state index contributed by atoms with van der Waals surface area (Å²) in [6, 6.07) is 5.27. The molecular weight excluding hydrogens is 259 g/mol. The van der Waals surface area contributed by atoms with Gasteiger partial charge in [-0.3, -0.25) is 4.79 Å². The van der Waals surface area contributed by atoms with E-state index < -0.39 is 0 Å². The van der Waals surface area contributed by atoms with Gasteiger partial charge in [-0.2, -0.15) is 0 Å². The summed E-state index contributed by atoms with van der Waals surface area (Å²) in [4.78, 5) is 12.0. The van der Waals surface area contributed by atoms with Gasteiger partial charge in [0.1, 0.15) is 6.10 Å². The minimum Gasteiger partial charge on any atom is -0.367 e. The van der Waals surface area contributed by atoms with Crippen LogP contribution in [0.4, 0.5) is 0 Å². The van der Waals surface area contributed by atoms with Crippen LogP contribution in [0, 0.1) is 0 Å². The first-order valence-electron chi connectivity index (χ1n) is 5.68. The summed E-state index contributed by atoms with van der Waals surface area (Å²) < 4.78 is 5.54. The number of rotatable bonds is 3. The summed E-state index contributed by atoms with van der Waals surface area (Å²) in [7, 11) is 0. The average Bonchev–Trinajstić information content (AvgIpc) is 2.70. The normalized spacial score (nSPS) is 23.9. The largest absolute Gasteiger partial charge is 0.367 e. The summed E-state index contributed by atoms with van der Waals surface area (Å²) in [5.41, 5.74) is 0.882. The van der Waals surface area contributed by atoms with Crippen molar-refractivity contribution in [1.29, 1.82) is 0 Å². The molecule has 92 valence electrons. The monoisotopic (exact) mass is 272 g/mol. The highest BCUT2D eigenvalue weighted by Gasteiger charge is 2.27. The summed E-state index contributed by atoms with van der Waals surface area (Å²) in [6.07, 6.45) is 2.07. The summed E-state index contributed by atoms with van der Waals surface area (Å²) in [5, 5.41) is 0.992. The fourth-order valence-corrected chi connectivity index (χ4v) is 2.32. The lowest BCUT2D eigenvalue weighted by Crippen LogP contribution is -2.22. The Morgan fingerprint density at radius 1 is 1.35 bits per heavy atom.